The minimum atomic E-state index is -0.756. The molecule has 7 heteroatoms. The van der Waals surface area contributed by atoms with Gasteiger partial charge in [0.2, 0.25) is 5.91 Å². The second-order valence-corrected chi connectivity index (χ2v) is 8.13. The van der Waals surface area contributed by atoms with Crippen molar-refractivity contribution in [3.05, 3.63) is 100 Å². The van der Waals surface area contributed by atoms with E-state index in [1.54, 1.807) is 31.3 Å². The normalized spacial score (nSPS) is 11.5. The van der Waals surface area contributed by atoms with Crippen LogP contribution < -0.4 is 10.1 Å². The van der Waals surface area contributed by atoms with Crippen molar-refractivity contribution in [3.63, 3.8) is 0 Å². The predicted molar refractivity (Wildman–Crippen MR) is 125 cm³/mol. The van der Waals surface area contributed by atoms with Crippen molar-refractivity contribution in [3.8, 4) is 5.75 Å². The molecular weight excluding hydrogens is 475 g/mol. The van der Waals surface area contributed by atoms with Gasteiger partial charge in [-0.25, -0.2) is 4.39 Å². The van der Waals surface area contributed by atoms with Crippen LogP contribution in [0.3, 0.4) is 0 Å². The second kappa shape index (κ2) is 11.4. The van der Waals surface area contributed by atoms with Crippen molar-refractivity contribution in [1.29, 1.82) is 0 Å². The van der Waals surface area contributed by atoms with Crippen molar-refractivity contribution in [2.45, 2.75) is 19.0 Å². The monoisotopic (exact) mass is 498 g/mol. The van der Waals surface area contributed by atoms with E-state index in [2.05, 4.69) is 21.2 Å². The lowest BCUT2D eigenvalue weighted by molar-refractivity contribution is -0.142. The number of hydrogen-bond donors (Lipinski definition) is 1. The molecule has 0 radical (unpaired) electrons. The molecule has 3 aromatic rings. The lowest BCUT2D eigenvalue weighted by Crippen LogP contribution is -2.51. The van der Waals surface area contributed by atoms with Gasteiger partial charge in [-0.15, -0.1) is 0 Å². The number of rotatable bonds is 9. The van der Waals surface area contributed by atoms with E-state index in [-0.39, 0.29) is 30.8 Å². The summed E-state index contributed by atoms with van der Waals surface area (Å²) in [4.78, 5) is 27.5. The van der Waals surface area contributed by atoms with Crippen LogP contribution in [0, 0.1) is 5.82 Å². The van der Waals surface area contributed by atoms with Crippen LogP contribution in [0.4, 0.5) is 4.39 Å². The molecule has 2 amide bonds. The number of benzene rings is 3. The number of nitrogens with one attached hydrogen (secondary N) is 1. The molecule has 3 aromatic carbocycles. The molecule has 1 unspecified atom stereocenters. The molecule has 0 aliphatic carbocycles. The van der Waals surface area contributed by atoms with Crippen LogP contribution in [0.2, 0.25) is 0 Å². The van der Waals surface area contributed by atoms with Gasteiger partial charge in [0.05, 0.1) is 0 Å². The molecule has 0 spiro atoms. The van der Waals surface area contributed by atoms with Gasteiger partial charge in [-0.05, 0) is 47.5 Å². The molecule has 0 heterocycles. The Morgan fingerprint density at radius 3 is 2.25 bits per heavy atom. The average molecular weight is 499 g/mol. The largest absolute Gasteiger partial charge is 0.484 e. The number of amides is 2. The maximum absolute atomic E-state index is 13.4. The van der Waals surface area contributed by atoms with E-state index in [4.69, 9.17) is 4.74 Å². The summed E-state index contributed by atoms with van der Waals surface area (Å²) >= 11 is 3.36. The van der Waals surface area contributed by atoms with Crippen LogP contribution in [0.5, 0.6) is 5.75 Å². The maximum atomic E-state index is 13.4. The third-order valence-corrected chi connectivity index (χ3v) is 5.49. The summed E-state index contributed by atoms with van der Waals surface area (Å²) in [5.41, 5.74) is 1.64. The Balaban J connectivity index is 1.85. The van der Waals surface area contributed by atoms with Crippen molar-refractivity contribution in [2.24, 2.45) is 0 Å². The number of carbonyl (C=O) groups excluding carboxylic acids is 2. The molecule has 0 aromatic heterocycles. The molecule has 1 N–H and O–H groups in total. The van der Waals surface area contributed by atoms with Crippen LogP contribution in [0.1, 0.15) is 11.1 Å². The molecule has 0 aliphatic heterocycles. The van der Waals surface area contributed by atoms with Gasteiger partial charge in [0, 0.05) is 24.5 Å². The van der Waals surface area contributed by atoms with Gasteiger partial charge in [-0.1, -0.05) is 58.4 Å². The fraction of sp³-hybridized carbons (Fsp3) is 0.200. The zero-order valence-electron chi connectivity index (χ0n) is 17.6. The lowest BCUT2D eigenvalue weighted by Gasteiger charge is -2.31. The molecule has 3 rings (SSSR count). The van der Waals surface area contributed by atoms with E-state index in [0.717, 1.165) is 10.0 Å². The predicted octanol–water partition coefficient (Wildman–Crippen LogP) is 4.35. The van der Waals surface area contributed by atoms with Crippen LogP contribution in [-0.2, 0) is 22.6 Å². The van der Waals surface area contributed by atoms with Crippen molar-refractivity contribution >= 4 is 27.7 Å². The first-order valence-corrected chi connectivity index (χ1v) is 10.9. The molecule has 0 bridgehead atoms. The van der Waals surface area contributed by atoms with Crippen molar-refractivity contribution < 1.29 is 18.7 Å². The van der Waals surface area contributed by atoms with Crippen LogP contribution in [-0.4, -0.2) is 36.4 Å². The van der Waals surface area contributed by atoms with Crippen LogP contribution in [0.15, 0.2) is 83.3 Å². The number of halogens is 2. The molecule has 1 atom stereocenters. The topological polar surface area (TPSA) is 58.6 Å². The molecule has 32 heavy (non-hydrogen) atoms. The van der Waals surface area contributed by atoms with Gasteiger partial charge < -0.3 is 15.0 Å². The van der Waals surface area contributed by atoms with Gasteiger partial charge in [0.25, 0.3) is 5.91 Å². The Morgan fingerprint density at radius 2 is 1.62 bits per heavy atom. The average Bonchev–Trinajstić information content (AvgIpc) is 2.82. The van der Waals surface area contributed by atoms with Gasteiger partial charge in [-0.3, -0.25) is 9.59 Å². The maximum Gasteiger partial charge on any atom is 0.261 e. The first-order chi connectivity index (χ1) is 15.5. The molecule has 0 aliphatic rings. The van der Waals surface area contributed by atoms with E-state index in [1.165, 1.54) is 17.0 Å². The fourth-order valence-corrected chi connectivity index (χ4v) is 3.53. The van der Waals surface area contributed by atoms with E-state index in [1.807, 2.05) is 42.5 Å². The standard InChI is InChI=1S/C25H24BrFN2O3/c1-28-25(31)23(15-18-5-3-2-4-6-18)29(16-19-7-11-21(27)12-8-19)24(30)17-32-22-13-9-20(26)10-14-22/h2-14,23H,15-17H2,1H3,(H,28,31). The first kappa shape index (κ1) is 23.5. The van der Waals surface area contributed by atoms with Gasteiger partial charge >= 0.3 is 0 Å². The Bertz CT molecular complexity index is 1030. The third-order valence-electron chi connectivity index (χ3n) is 4.96. The highest BCUT2D eigenvalue weighted by Gasteiger charge is 2.30. The summed E-state index contributed by atoms with van der Waals surface area (Å²) in [7, 11) is 1.54. The van der Waals surface area contributed by atoms with Crippen molar-refractivity contribution in [1.82, 2.24) is 10.2 Å². The lowest BCUT2D eigenvalue weighted by atomic mass is 10.0. The zero-order chi connectivity index (χ0) is 22.9. The van der Waals surface area contributed by atoms with E-state index in [9.17, 15) is 14.0 Å². The highest BCUT2D eigenvalue weighted by Crippen LogP contribution is 2.18. The highest BCUT2D eigenvalue weighted by molar-refractivity contribution is 9.10. The summed E-state index contributed by atoms with van der Waals surface area (Å²) in [6.45, 7) is -0.0845. The smallest absolute Gasteiger partial charge is 0.261 e. The summed E-state index contributed by atoms with van der Waals surface area (Å²) in [6, 6.07) is 21.8. The summed E-state index contributed by atoms with van der Waals surface area (Å²) in [5.74, 6) is -0.449. The molecule has 0 saturated heterocycles. The zero-order valence-corrected chi connectivity index (χ0v) is 19.2. The minimum Gasteiger partial charge on any atom is -0.484 e. The molecule has 5 nitrogen and oxygen atoms in total. The van der Waals surface area contributed by atoms with Gasteiger partial charge in [0.1, 0.15) is 17.6 Å². The Labute approximate surface area is 195 Å². The van der Waals surface area contributed by atoms with E-state index >= 15 is 0 Å². The molecule has 0 saturated carbocycles. The van der Waals surface area contributed by atoms with Gasteiger partial charge in [0.15, 0.2) is 6.61 Å². The van der Waals surface area contributed by atoms with Crippen molar-refractivity contribution in [2.75, 3.05) is 13.7 Å². The van der Waals surface area contributed by atoms with Crippen LogP contribution in [0.25, 0.3) is 0 Å². The first-order valence-electron chi connectivity index (χ1n) is 10.1. The molecular formula is C25H24BrFN2O3. The van der Waals surface area contributed by atoms with Crippen LogP contribution >= 0.6 is 15.9 Å². The number of carbonyl (C=O) groups is 2. The number of nitrogens with zero attached hydrogens (tertiary/aromatic N) is 1. The van der Waals surface area contributed by atoms with Gasteiger partial charge in [-0.2, -0.15) is 0 Å². The summed E-state index contributed by atoms with van der Waals surface area (Å²) in [6.07, 6.45) is 0.339. The second-order valence-electron chi connectivity index (χ2n) is 7.21. The summed E-state index contributed by atoms with van der Waals surface area (Å²) in [5, 5.41) is 2.66. The summed E-state index contributed by atoms with van der Waals surface area (Å²) < 4.78 is 20.0. The third kappa shape index (κ3) is 6.65. The number of ether oxygens (including phenoxy) is 1. The molecule has 0 fully saturated rings. The Morgan fingerprint density at radius 1 is 0.969 bits per heavy atom. The SMILES string of the molecule is CNC(=O)C(Cc1ccccc1)N(Cc1ccc(F)cc1)C(=O)COc1ccc(Br)cc1. The van der Waals surface area contributed by atoms with E-state index in [0.29, 0.717) is 17.7 Å². The highest BCUT2D eigenvalue weighted by atomic mass is 79.9. The number of hydrogen-bond acceptors (Lipinski definition) is 3. The minimum absolute atomic E-state index is 0.147. The van der Waals surface area contributed by atoms with E-state index < -0.39 is 6.04 Å². The Hall–Kier alpha value is -3.19. The molecule has 166 valence electrons. The quantitative estimate of drug-likeness (QED) is 0.476. The number of likely N-dealkylation sites (N-methyl/N-ethyl adjacent to an activating group) is 1. The fourth-order valence-electron chi connectivity index (χ4n) is 3.27. The Kier molecular flexibility index (Phi) is 8.39.